The third-order valence-electron chi connectivity index (χ3n) is 9.15. The third kappa shape index (κ3) is 37.5. The van der Waals surface area contributed by atoms with Crippen molar-refractivity contribution in [2.24, 2.45) is 0 Å². The second kappa shape index (κ2) is 41.0. The van der Waals surface area contributed by atoms with Crippen molar-refractivity contribution in [2.45, 2.75) is 194 Å². The lowest BCUT2D eigenvalue weighted by molar-refractivity contribution is -0.0259. The fourth-order valence-electron chi connectivity index (χ4n) is 5.83. The Morgan fingerprint density at radius 1 is 0.447 bits per heavy atom. The zero-order valence-corrected chi connectivity index (χ0v) is 32.4. The summed E-state index contributed by atoms with van der Waals surface area (Å²) in [6, 6.07) is 0. The maximum Gasteiger partial charge on any atom is 0.0820 e. The van der Waals surface area contributed by atoms with Crippen LogP contribution in [0, 0.1) is 0 Å². The average Bonchev–Trinajstić information content (AvgIpc) is 3.09. The summed E-state index contributed by atoms with van der Waals surface area (Å²) in [7, 11) is 0. The molecule has 1 atom stereocenters. The topological polar surface area (TPSA) is 21.7 Å². The van der Waals surface area contributed by atoms with Gasteiger partial charge in [0.15, 0.2) is 0 Å². The lowest BCUT2D eigenvalue weighted by Crippen LogP contribution is -2.30. The van der Waals surface area contributed by atoms with Crippen molar-refractivity contribution in [3.8, 4) is 0 Å². The largest absolute Gasteiger partial charge is 0.379 e. The molecule has 0 amide bonds. The first-order valence-electron chi connectivity index (χ1n) is 20.8. The van der Waals surface area contributed by atoms with Crippen LogP contribution in [0.1, 0.15) is 188 Å². The van der Waals surface area contributed by atoms with Gasteiger partial charge in [-0.1, -0.05) is 153 Å². The van der Waals surface area contributed by atoms with Gasteiger partial charge in [0.25, 0.3) is 0 Å². The molecule has 0 aliphatic rings. The Kier molecular flexibility index (Phi) is 40.0. The van der Waals surface area contributed by atoms with Crippen molar-refractivity contribution in [3.63, 3.8) is 0 Å². The molecule has 3 nitrogen and oxygen atoms in total. The molecule has 47 heavy (non-hydrogen) atoms. The molecule has 0 unspecified atom stereocenters. The van der Waals surface area contributed by atoms with Crippen LogP contribution in [0.25, 0.3) is 0 Å². The molecule has 0 fully saturated rings. The summed E-state index contributed by atoms with van der Waals surface area (Å²) in [5.41, 5.74) is 0. The molecule has 0 aliphatic carbocycles. The number of ether oxygens (including phenoxy) is 2. The molecule has 3 heteroatoms. The standard InChI is InChI=1S/C44H83NO2/c1-5-9-11-13-15-17-19-21-23-25-27-29-31-33-35-37-41-46-43-44(39-40-45(7-3)8-4)47-42-38-36-34-32-30-28-26-24-22-20-18-16-14-12-10-6-2/h15-18,21-24,44H,5-14,19-20,25-43H2,1-4H3/t44-/m0/s1. The Bertz CT molecular complexity index is 693. The van der Waals surface area contributed by atoms with Gasteiger partial charge in [0.1, 0.15) is 0 Å². The average molecular weight is 658 g/mol. The van der Waals surface area contributed by atoms with E-state index in [1.54, 1.807) is 0 Å². The summed E-state index contributed by atoms with van der Waals surface area (Å²) < 4.78 is 12.5. The van der Waals surface area contributed by atoms with E-state index in [9.17, 15) is 0 Å². The molecule has 0 bridgehead atoms. The molecule has 0 radical (unpaired) electrons. The van der Waals surface area contributed by atoms with E-state index in [0.29, 0.717) is 0 Å². The fourth-order valence-corrected chi connectivity index (χ4v) is 5.83. The Labute approximate surface area is 296 Å². The molecule has 0 spiro atoms. The van der Waals surface area contributed by atoms with Crippen LogP contribution in [0.15, 0.2) is 48.6 Å². The first-order chi connectivity index (χ1) is 23.3. The Balaban J connectivity index is 3.82. The molecule has 0 heterocycles. The monoisotopic (exact) mass is 658 g/mol. The van der Waals surface area contributed by atoms with Gasteiger partial charge in [0, 0.05) is 19.8 Å². The van der Waals surface area contributed by atoms with Gasteiger partial charge in [-0.25, -0.2) is 0 Å². The number of hydrogen-bond donors (Lipinski definition) is 0. The van der Waals surface area contributed by atoms with E-state index < -0.39 is 0 Å². The highest BCUT2D eigenvalue weighted by Crippen LogP contribution is 2.12. The van der Waals surface area contributed by atoms with E-state index in [1.165, 1.54) is 141 Å². The van der Waals surface area contributed by atoms with Crippen molar-refractivity contribution >= 4 is 0 Å². The Morgan fingerprint density at radius 2 is 0.851 bits per heavy atom. The second-order valence-corrected chi connectivity index (χ2v) is 13.6. The molecular weight excluding hydrogens is 574 g/mol. The van der Waals surface area contributed by atoms with Crippen molar-refractivity contribution in [1.29, 1.82) is 0 Å². The van der Waals surface area contributed by atoms with Crippen LogP contribution in [0.2, 0.25) is 0 Å². The normalized spacial score (nSPS) is 13.1. The minimum Gasteiger partial charge on any atom is -0.379 e. The van der Waals surface area contributed by atoms with Crippen molar-refractivity contribution < 1.29 is 9.47 Å². The molecule has 0 aromatic rings. The molecule has 0 aliphatic heterocycles. The van der Waals surface area contributed by atoms with Gasteiger partial charge >= 0.3 is 0 Å². The molecule has 0 aromatic heterocycles. The van der Waals surface area contributed by atoms with Gasteiger partial charge in [-0.05, 0) is 96.6 Å². The zero-order valence-electron chi connectivity index (χ0n) is 32.4. The smallest absolute Gasteiger partial charge is 0.0820 e. The predicted octanol–water partition coefficient (Wildman–Crippen LogP) is 13.7. The van der Waals surface area contributed by atoms with Crippen molar-refractivity contribution in [3.05, 3.63) is 48.6 Å². The predicted molar refractivity (Wildman–Crippen MR) is 212 cm³/mol. The van der Waals surface area contributed by atoms with Gasteiger partial charge in [0.2, 0.25) is 0 Å². The molecular formula is C44H83NO2. The number of unbranched alkanes of at least 4 members (excludes halogenated alkanes) is 18. The van der Waals surface area contributed by atoms with Crippen LogP contribution >= 0.6 is 0 Å². The summed E-state index contributed by atoms with van der Waals surface area (Å²) in [5.74, 6) is 0. The van der Waals surface area contributed by atoms with Gasteiger partial charge in [-0.3, -0.25) is 0 Å². The zero-order chi connectivity index (χ0) is 34.1. The lowest BCUT2D eigenvalue weighted by Gasteiger charge is -2.23. The Morgan fingerprint density at radius 3 is 1.30 bits per heavy atom. The molecule has 0 saturated carbocycles. The molecule has 276 valence electrons. The maximum absolute atomic E-state index is 6.36. The van der Waals surface area contributed by atoms with E-state index in [0.717, 1.165) is 58.7 Å². The van der Waals surface area contributed by atoms with Gasteiger partial charge < -0.3 is 14.4 Å². The number of rotatable bonds is 38. The van der Waals surface area contributed by atoms with E-state index in [2.05, 4.69) is 81.2 Å². The highest BCUT2D eigenvalue weighted by Gasteiger charge is 2.11. The fraction of sp³-hybridized carbons (Fsp3) is 0.818. The van der Waals surface area contributed by atoms with E-state index >= 15 is 0 Å². The minimum atomic E-state index is 0.234. The number of nitrogens with zero attached hydrogens (tertiary/aromatic N) is 1. The minimum absolute atomic E-state index is 0.234. The Hall–Kier alpha value is -1.16. The van der Waals surface area contributed by atoms with E-state index in [-0.39, 0.29) is 6.10 Å². The van der Waals surface area contributed by atoms with Crippen molar-refractivity contribution in [1.82, 2.24) is 4.90 Å². The first kappa shape index (κ1) is 45.8. The van der Waals surface area contributed by atoms with E-state index in [1.807, 2.05) is 0 Å². The van der Waals surface area contributed by atoms with Crippen LogP contribution in [-0.2, 0) is 9.47 Å². The quantitative estimate of drug-likeness (QED) is 0.0487. The first-order valence-corrected chi connectivity index (χ1v) is 20.8. The molecule has 0 aromatic carbocycles. The van der Waals surface area contributed by atoms with Gasteiger partial charge in [-0.15, -0.1) is 0 Å². The number of hydrogen-bond acceptors (Lipinski definition) is 3. The summed E-state index contributed by atoms with van der Waals surface area (Å²) >= 11 is 0. The molecule has 0 saturated heterocycles. The van der Waals surface area contributed by atoms with Crippen LogP contribution in [-0.4, -0.2) is 50.5 Å². The maximum atomic E-state index is 6.36. The summed E-state index contributed by atoms with van der Waals surface area (Å²) in [4.78, 5) is 2.50. The van der Waals surface area contributed by atoms with Gasteiger partial charge in [-0.2, -0.15) is 0 Å². The highest BCUT2D eigenvalue weighted by atomic mass is 16.5. The SMILES string of the molecule is CCCCCC=CCC=CCCCCCCCCOC[C@H](CCN(CC)CC)OCCCCCCCCC=CCC=CCCCCC. The van der Waals surface area contributed by atoms with Gasteiger partial charge in [0.05, 0.1) is 12.7 Å². The highest BCUT2D eigenvalue weighted by molar-refractivity contribution is 4.93. The van der Waals surface area contributed by atoms with Crippen LogP contribution in [0.4, 0.5) is 0 Å². The number of allylic oxidation sites excluding steroid dienone is 8. The van der Waals surface area contributed by atoms with Crippen LogP contribution < -0.4 is 0 Å². The van der Waals surface area contributed by atoms with Crippen LogP contribution in [0.5, 0.6) is 0 Å². The summed E-state index contributed by atoms with van der Waals surface area (Å²) in [6.07, 6.45) is 51.0. The second-order valence-electron chi connectivity index (χ2n) is 13.6. The lowest BCUT2D eigenvalue weighted by atomic mass is 10.1. The molecule has 0 rings (SSSR count). The summed E-state index contributed by atoms with van der Waals surface area (Å²) in [5, 5.41) is 0. The van der Waals surface area contributed by atoms with E-state index in [4.69, 9.17) is 9.47 Å². The summed E-state index contributed by atoms with van der Waals surface area (Å²) in [6.45, 7) is 14.9. The third-order valence-corrected chi connectivity index (χ3v) is 9.15. The molecule has 0 N–H and O–H groups in total. The van der Waals surface area contributed by atoms with Crippen LogP contribution in [0.3, 0.4) is 0 Å². The van der Waals surface area contributed by atoms with Crippen molar-refractivity contribution in [2.75, 3.05) is 39.5 Å².